The number of hydrogen-bond acceptors (Lipinski definition) is 3. The van der Waals surface area contributed by atoms with E-state index in [1.807, 2.05) is 0 Å². The molecule has 2 rings (SSSR count). The summed E-state index contributed by atoms with van der Waals surface area (Å²) in [5.74, 6) is -2.45. The summed E-state index contributed by atoms with van der Waals surface area (Å²) in [5, 5.41) is 9.36. The predicted molar refractivity (Wildman–Crippen MR) is 67.0 cm³/mol. The molecule has 0 saturated carbocycles. The summed E-state index contributed by atoms with van der Waals surface area (Å²) in [4.78, 5) is 13.9. The fraction of sp³-hybridized carbons (Fsp3) is 0.500. The van der Waals surface area contributed by atoms with Crippen LogP contribution in [0.2, 0.25) is 0 Å². The molecule has 0 radical (unpaired) electrons. The first kappa shape index (κ1) is 14.1. The van der Waals surface area contributed by atoms with Gasteiger partial charge in [0.2, 0.25) is 0 Å². The summed E-state index contributed by atoms with van der Waals surface area (Å²) < 4.78 is 26.4. The van der Waals surface area contributed by atoms with Gasteiger partial charge in [0.1, 0.15) is 0 Å². The molecule has 19 heavy (non-hydrogen) atoms. The van der Waals surface area contributed by atoms with E-state index >= 15 is 0 Å². The molecule has 1 aromatic rings. The Morgan fingerprint density at radius 3 is 2.68 bits per heavy atom. The molecule has 0 aliphatic carbocycles. The van der Waals surface area contributed by atoms with Crippen molar-refractivity contribution in [2.45, 2.75) is 25.4 Å². The number of Topliss-reactive ketones (excluding diaryl/α,β-unsaturated/α-hetero) is 1. The van der Waals surface area contributed by atoms with Crippen LogP contribution in [0, 0.1) is 11.6 Å². The van der Waals surface area contributed by atoms with Crippen LogP contribution in [0.15, 0.2) is 18.2 Å². The Kier molecular flexibility index (Phi) is 4.61. The van der Waals surface area contributed by atoms with Gasteiger partial charge in [-0.05, 0) is 25.0 Å². The van der Waals surface area contributed by atoms with Gasteiger partial charge in [-0.1, -0.05) is 6.07 Å². The molecule has 1 heterocycles. The zero-order valence-corrected chi connectivity index (χ0v) is 10.6. The highest BCUT2D eigenvalue weighted by Crippen LogP contribution is 2.15. The normalized spacial score (nSPS) is 17.6. The van der Waals surface area contributed by atoms with Gasteiger partial charge in [-0.25, -0.2) is 8.78 Å². The molecular weight excluding hydrogens is 252 g/mol. The summed E-state index contributed by atoms with van der Waals surface area (Å²) in [6.45, 7) is 1.99. The van der Waals surface area contributed by atoms with Crippen molar-refractivity contribution in [2.75, 3.05) is 19.6 Å². The molecule has 3 nitrogen and oxygen atoms in total. The summed E-state index contributed by atoms with van der Waals surface area (Å²) in [6.07, 6.45) is 1.30. The number of likely N-dealkylation sites (tertiary alicyclic amines) is 1. The van der Waals surface area contributed by atoms with Gasteiger partial charge in [0.25, 0.3) is 0 Å². The SMILES string of the molecule is O=C(CCN1CCC(O)CC1)c1cccc(F)c1F. The first-order valence-corrected chi connectivity index (χ1v) is 6.45. The van der Waals surface area contributed by atoms with E-state index in [0.29, 0.717) is 19.4 Å². The van der Waals surface area contributed by atoms with Crippen molar-refractivity contribution in [2.24, 2.45) is 0 Å². The lowest BCUT2D eigenvalue weighted by Gasteiger charge is -2.29. The second kappa shape index (κ2) is 6.21. The maximum atomic E-state index is 13.4. The van der Waals surface area contributed by atoms with Crippen LogP contribution < -0.4 is 0 Å². The number of ketones is 1. The van der Waals surface area contributed by atoms with E-state index in [2.05, 4.69) is 4.90 Å². The van der Waals surface area contributed by atoms with Crippen LogP contribution in [-0.4, -0.2) is 41.5 Å². The third-order valence-electron chi connectivity index (χ3n) is 3.46. The molecule has 0 unspecified atom stereocenters. The van der Waals surface area contributed by atoms with Crippen molar-refractivity contribution < 1.29 is 18.7 Å². The number of aliphatic hydroxyl groups is 1. The number of halogens is 2. The molecule has 1 saturated heterocycles. The maximum absolute atomic E-state index is 13.4. The van der Waals surface area contributed by atoms with Gasteiger partial charge in [0.05, 0.1) is 11.7 Å². The third-order valence-corrected chi connectivity index (χ3v) is 3.46. The lowest BCUT2D eigenvalue weighted by molar-refractivity contribution is 0.0776. The van der Waals surface area contributed by atoms with Crippen molar-refractivity contribution in [1.29, 1.82) is 0 Å². The van der Waals surface area contributed by atoms with E-state index in [0.717, 1.165) is 19.2 Å². The van der Waals surface area contributed by atoms with Crippen molar-refractivity contribution in [3.8, 4) is 0 Å². The fourth-order valence-corrected chi connectivity index (χ4v) is 2.26. The predicted octanol–water partition coefficient (Wildman–Crippen LogP) is 1.99. The van der Waals surface area contributed by atoms with Crippen LogP contribution >= 0.6 is 0 Å². The van der Waals surface area contributed by atoms with Crippen LogP contribution in [0.25, 0.3) is 0 Å². The van der Waals surface area contributed by atoms with Crippen LogP contribution in [0.5, 0.6) is 0 Å². The van der Waals surface area contributed by atoms with Crippen molar-refractivity contribution in [1.82, 2.24) is 4.90 Å². The van der Waals surface area contributed by atoms with E-state index in [1.165, 1.54) is 12.1 Å². The molecule has 0 amide bonds. The summed E-state index contributed by atoms with van der Waals surface area (Å²) in [6, 6.07) is 3.64. The Hall–Kier alpha value is -1.33. The zero-order chi connectivity index (χ0) is 13.8. The highest BCUT2D eigenvalue weighted by atomic mass is 19.2. The van der Waals surface area contributed by atoms with Gasteiger partial charge in [0, 0.05) is 26.1 Å². The van der Waals surface area contributed by atoms with Gasteiger partial charge in [0.15, 0.2) is 17.4 Å². The molecule has 1 aromatic carbocycles. The minimum atomic E-state index is -1.07. The average Bonchev–Trinajstić information content (AvgIpc) is 2.41. The molecule has 104 valence electrons. The number of piperidine rings is 1. The first-order valence-electron chi connectivity index (χ1n) is 6.45. The topological polar surface area (TPSA) is 40.5 Å². The quantitative estimate of drug-likeness (QED) is 0.850. The van der Waals surface area contributed by atoms with Gasteiger partial charge in [-0.3, -0.25) is 4.79 Å². The average molecular weight is 269 g/mol. The van der Waals surface area contributed by atoms with E-state index < -0.39 is 11.6 Å². The van der Waals surface area contributed by atoms with Gasteiger partial charge >= 0.3 is 0 Å². The minimum Gasteiger partial charge on any atom is -0.393 e. The van der Waals surface area contributed by atoms with Crippen LogP contribution in [-0.2, 0) is 0 Å². The number of carbonyl (C=O) groups excluding carboxylic acids is 1. The lowest BCUT2D eigenvalue weighted by Crippen LogP contribution is -2.37. The molecule has 1 aliphatic heterocycles. The molecule has 5 heteroatoms. The van der Waals surface area contributed by atoms with E-state index in [9.17, 15) is 18.7 Å². The molecule has 1 aliphatic rings. The van der Waals surface area contributed by atoms with Crippen molar-refractivity contribution in [3.63, 3.8) is 0 Å². The Morgan fingerprint density at radius 1 is 1.32 bits per heavy atom. The van der Waals surface area contributed by atoms with Gasteiger partial charge in [-0.2, -0.15) is 0 Å². The summed E-state index contributed by atoms with van der Waals surface area (Å²) in [5.41, 5.74) is -0.183. The Morgan fingerprint density at radius 2 is 2.00 bits per heavy atom. The van der Waals surface area contributed by atoms with E-state index in [1.54, 1.807) is 0 Å². The van der Waals surface area contributed by atoms with Gasteiger partial charge in [-0.15, -0.1) is 0 Å². The molecule has 0 aromatic heterocycles. The molecule has 1 N–H and O–H groups in total. The Bertz CT molecular complexity index is 457. The highest BCUT2D eigenvalue weighted by Gasteiger charge is 2.19. The Labute approximate surface area is 110 Å². The number of benzene rings is 1. The standard InChI is InChI=1S/C14H17F2NO2/c15-12-3-1-2-11(14(12)16)13(19)6-9-17-7-4-10(18)5-8-17/h1-3,10,18H,4-9H2. The largest absolute Gasteiger partial charge is 0.393 e. The molecule has 0 bridgehead atoms. The van der Waals surface area contributed by atoms with Crippen LogP contribution in [0.3, 0.4) is 0 Å². The number of carbonyl (C=O) groups is 1. The number of hydrogen-bond donors (Lipinski definition) is 1. The van der Waals surface area contributed by atoms with E-state index in [4.69, 9.17) is 0 Å². The lowest BCUT2D eigenvalue weighted by atomic mass is 10.0. The number of aliphatic hydroxyl groups excluding tert-OH is 1. The summed E-state index contributed by atoms with van der Waals surface area (Å²) >= 11 is 0. The van der Waals surface area contributed by atoms with E-state index in [-0.39, 0.29) is 23.9 Å². The molecule has 1 fully saturated rings. The molecule has 0 atom stereocenters. The van der Waals surface area contributed by atoms with Crippen molar-refractivity contribution in [3.05, 3.63) is 35.4 Å². The first-order chi connectivity index (χ1) is 9.08. The monoisotopic (exact) mass is 269 g/mol. The maximum Gasteiger partial charge on any atom is 0.169 e. The van der Waals surface area contributed by atoms with Crippen LogP contribution in [0.1, 0.15) is 29.6 Å². The number of rotatable bonds is 4. The fourth-order valence-electron chi connectivity index (χ4n) is 2.26. The molecule has 0 spiro atoms. The Balaban J connectivity index is 1.89. The summed E-state index contributed by atoms with van der Waals surface area (Å²) in [7, 11) is 0. The minimum absolute atomic E-state index is 0.163. The third kappa shape index (κ3) is 3.58. The zero-order valence-electron chi connectivity index (χ0n) is 10.6. The highest BCUT2D eigenvalue weighted by molar-refractivity contribution is 5.96. The molecular formula is C14H17F2NO2. The van der Waals surface area contributed by atoms with Gasteiger partial charge < -0.3 is 10.0 Å². The smallest absolute Gasteiger partial charge is 0.169 e. The second-order valence-corrected chi connectivity index (χ2v) is 4.85. The van der Waals surface area contributed by atoms with Crippen molar-refractivity contribution >= 4 is 5.78 Å². The van der Waals surface area contributed by atoms with Crippen LogP contribution in [0.4, 0.5) is 8.78 Å². The second-order valence-electron chi connectivity index (χ2n) is 4.85. The number of nitrogens with zero attached hydrogens (tertiary/aromatic N) is 1.